The zero-order valence-corrected chi connectivity index (χ0v) is 10.1. The molecule has 94 valence electrons. The molecule has 0 aliphatic carbocycles. The number of nitrogens with zero attached hydrogens (tertiary/aromatic N) is 2. The van der Waals surface area contributed by atoms with Crippen LogP contribution < -0.4 is 10.2 Å². The van der Waals surface area contributed by atoms with E-state index in [1.807, 2.05) is 19.0 Å². The Morgan fingerprint density at radius 2 is 2.06 bits per heavy atom. The van der Waals surface area contributed by atoms with Crippen molar-refractivity contribution in [1.82, 2.24) is 5.32 Å². The van der Waals surface area contributed by atoms with E-state index in [0.29, 0.717) is 12.8 Å². The SMILES string of the molecule is C[NH+]1CCC2(CC1)C(=C=[N-])C(=O)NC(=O)C2C#N. The van der Waals surface area contributed by atoms with Gasteiger partial charge < -0.3 is 10.3 Å². The number of carbonyl (C=O) groups excluding carboxylic acids is 2. The van der Waals surface area contributed by atoms with Crippen molar-refractivity contribution in [3.05, 3.63) is 11.0 Å². The molecule has 1 spiro atoms. The Morgan fingerprint density at radius 3 is 2.56 bits per heavy atom. The van der Waals surface area contributed by atoms with Gasteiger partial charge in [0.05, 0.1) is 26.2 Å². The van der Waals surface area contributed by atoms with E-state index in [4.69, 9.17) is 5.41 Å². The molecule has 0 saturated carbocycles. The molecule has 2 fully saturated rings. The average molecular weight is 246 g/mol. The smallest absolute Gasteiger partial charge is 0.260 e. The minimum Gasteiger partial charge on any atom is -0.763 e. The van der Waals surface area contributed by atoms with Gasteiger partial charge in [-0.3, -0.25) is 20.8 Å². The molecule has 1 unspecified atom stereocenters. The molecule has 0 radical (unpaired) electrons. The van der Waals surface area contributed by atoms with Gasteiger partial charge in [0.2, 0.25) is 5.91 Å². The Bertz CT molecular complexity index is 491. The first-order chi connectivity index (χ1) is 8.55. The van der Waals surface area contributed by atoms with Crippen LogP contribution in [0.3, 0.4) is 0 Å². The summed E-state index contributed by atoms with van der Waals surface area (Å²) in [6, 6.07) is 1.97. The lowest BCUT2D eigenvalue weighted by atomic mass is 9.62. The van der Waals surface area contributed by atoms with Crippen LogP contribution in [0, 0.1) is 22.7 Å². The number of nitriles is 1. The summed E-state index contributed by atoms with van der Waals surface area (Å²) in [7, 11) is 2.02. The number of hydrogen-bond donors (Lipinski definition) is 2. The number of quaternary nitrogens is 1. The summed E-state index contributed by atoms with van der Waals surface area (Å²) in [6.07, 6.45) is 1.05. The van der Waals surface area contributed by atoms with Crippen LogP contribution in [0.25, 0.3) is 5.41 Å². The topological polar surface area (TPSA) is 96.7 Å². The largest absolute Gasteiger partial charge is 0.763 e. The van der Waals surface area contributed by atoms with Crippen molar-refractivity contribution in [1.29, 1.82) is 5.26 Å². The van der Waals surface area contributed by atoms with E-state index in [9.17, 15) is 14.9 Å². The van der Waals surface area contributed by atoms with Crippen LogP contribution in [0.4, 0.5) is 0 Å². The van der Waals surface area contributed by atoms with Gasteiger partial charge in [-0.25, -0.2) is 0 Å². The molecule has 0 aromatic heterocycles. The van der Waals surface area contributed by atoms with E-state index in [1.165, 1.54) is 4.90 Å². The van der Waals surface area contributed by atoms with Gasteiger partial charge in [-0.15, -0.1) is 0 Å². The molecule has 0 aromatic carbocycles. The quantitative estimate of drug-likeness (QED) is 0.301. The van der Waals surface area contributed by atoms with Gasteiger partial charge in [0.25, 0.3) is 5.91 Å². The number of amides is 2. The molecule has 2 heterocycles. The van der Waals surface area contributed by atoms with Crippen LogP contribution in [-0.4, -0.2) is 37.8 Å². The van der Waals surface area contributed by atoms with Gasteiger partial charge >= 0.3 is 0 Å². The molecule has 2 rings (SSSR count). The number of piperidine rings is 2. The minimum atomic E-state index is -0.932. The maximum atomic E-state index is 11.8. The van der Waals surface area contributed by atoms with Crippen molar-refractivity contribution in [2.75, 3.05) is 20.1 Å². The maximum Gasteiger partial charge on any atom is 0.260 e. The Labute approximate surface area is 105 Å². The highest BCUT2D eigenvalue weighted by Gasteiger charge is 2.54. The van der Waals surface area contributed by atoms with Crippen molar-refractivity contribution < 1.29 is 14.5 Å². The van der Waals surface area contributed by atoms with E-state index in [-0.39, 0.29) is 5.57 Å². The average Bonchev–Trinajstić information content (AvgIpc) is 2.33. The van der Waals surface area contributed by atoms with E-state index in [0.717, 1.165) is 13.1 Å². The zero-order chi connectivity index (χ0) is 13.3. The number of carbonyl (C=O) groups is 2. The van der Waals surface area contributed by atoms with Gasteiger partial charge in [0.1, 0.15) is 5.92 Å². The van der Waals surface area contributed by atoms with E-state index in [2.05, 4.69) is 5.32 Å². The van der Waals surface area contributed by atoms with E-state index < -0.39 is 23.1 Å². The van der Waals surface area contributed by atoms with Crippen LogP contribution in [-0.2, 0) is 9.59 Å². The standard InChI is InChI=1S/C12H13N4O2/c1-16-4-2-12(3-5-16)8(6-13)10(17)15-11(18)9(12)7-14/h8H,2-5H2,1H3,(H,15,17,18)/q-1/p+1. The third kappa shape index (κ3) is 1.65. The van der Waals surface area contributed by atoms with Crippen LogP contribution in [0.15, 0.2) is 5.57 Å². The molecular formula is C12H14N4O2. The summed E-state index contributed by atoms with van der Waals surface area (Å²) < 4.78 is 0. The second kappa shape index (κ2) is 4.37. The Balaban J connectivity index is 2.49. The summed E-state index contributed by atoms with van der Waals surface area (Å²) in [6.45, 7) is 1.51. The summed E-state index contributed by atoms with van der Waals surface area (Å²) >= 11 is 0. The molecule has 2 aliphatic heterocycles. The van der Waals surface area contributed by atoms with Crippen LogP contribution in [0.2, 0.25) is 0 Å². The molecule has 0 aromatic rings. The number of rotatable bonds is 0. The lowest BCUT2D eigenvalue weighted by molar-refractivity contribution is -0.887. The Morgan fingerprint density at radius 1 is 1.44 bits per heavy atom. The minimum absolute atomic E-state index is 0.0427. The van der Waals surface area contributed by atoms with Crippen molar-refractivity contribution in [2.24, 2.45) is 11.3 Å². The highest BCUT2D eigenvalue weighted by molar-refractivity contribution is 6.14. The number of likely N-dealkylation sites (tertiary alicyclic amines) is 1. The lowest BCUT2D eigenvalue weighted by Gasteiger charge is -2.44. The summed E-state index contributed by atoms with van der Waals surface area (Å²) in [4.78, 5) is 24.8. The van der Waals surface area contributed by atoms with Crippen molar-refractivity contribution in [3.63, 3.8) is 0 Å². The van der Waals surface area contributed by atoms with Gasteiger partial charge in [-0.2, -0.15) is 5.26 Å². The molecule has 1 atom stereocenters. The Hall–Kier alpha value is -1.96. The number of imide groups is 1. The van der Waals surface area contributed by atoms with Crippen molar-refractivity contribution in [3.8, 4) is 6.07 Å². The van der Waals surface area contributed by atoms with Crippen LogP contribution >= 0.6 is 0 Å². The summed E-state index contributed by atoms with van der Waals surface area (Å²) in [5.74, 6) is -0.226. The zero-order valence-electron chi connectivity index (χ0n) is 10.1. The molecule has 2 amide bonds. The number of nitrogens with one attached hydrogen (secondary N) is 2. The van der Waals surface area contributed by atoms with E-state index >= 15 is 0 Å². The molecular weight excluding hydrogens is 232 g/mol. The fourth-order valence-electron chi connectivity index (χ4n) is 2.87. The lowest BCUT2D eigenvalue weighted by Crippen LogP contribution is -3.10. The fourth-order valence-corrected chi connectivity index (χ4v) is 2.87. The van der Waals surface area contributed by atoms with Gasteiger partial charge in [-0.05, 0) is 0 Å². The van der Waals surface area contributed by atoms with Crippen molar-refractivity contribution >= 4 is 17.7 Å². The fraction of sp³-hybridized carbons (Fsp3) is 0.583. The van der Waals surface area contributed by atoms with Crippen LogP contribution in [0.5, 0.6) is 0 Å². The normalized spacial score (nSPS) is 35.9. The summed E-state index contributed by atoms with van der Waals surface area (Å²) in [5, 5.41) is 20.5. The van der Waals surface area contributed by atoms with E-state index in [1.54, 1.807) is 0 Å². The Kier molecular flexibility index (Phi) is 3.04. The summed E-state index contributed by atoms with van der Waals surface area (Å²) in [5.41, 5.74) is -0.830. The molecule has 2 saturated heterocycles. The highest BCUT2D eigenvalue weighted by Crippen LogP contribution is 2.44. The second-order valence-electron chi connectivity index (χ2n) is 4.98. The maximum absolute atomic E-state index is 11.8. The molecule has 0 bridgehead atoms. The molecule has 6 nitrogen and oxygen atoms in total. The third-order valence-corrected chi connectivity index (χ3v) is 4.01. The van der Waals surface area contributed by atoms with Crippen LogP contribution in [0.1, 0.15) is 12.8 Å². The van der Waals surface area contributed by atoms with Gasteiger partial charge in [0.15, 0.2) is 0 Å². The molecule has 2 aliphatic rings. The van der Waals surface area contributed by atoms with Crippen molar-refractivity contribution in [2.45, 2.75) is 12.8 Å². The number of hydrogen-bond acceptors (Lipinski definition) is 3. The second-order valence-corrected chi connectivity index (χ2v) is 4.98. The molecule has 18 heavy (non-hydrogen) atoms. The first-order valence-corrected chi connectivity index (χ1v) is 5.89. The first kappa shape index (κ1) is 12.5. The molecule has 6 heteroatoms. The third-order valence-electron chi connectivity index (χ3n) is 4.01. The highest BCUT2D eigenvalue weighted by atomic mass is 16.2. The van der Waals surface area contributed by atoms with Gasteiger partial charge in [0, 0.05) is 23.8 Å². The molecule has 2 N–H and O–H groups in total. The first-order valence-electron chi connectivity index (χ1n) is 5.89. The monoisotopic (exact) mass is 246 g/mol. The van der Waals surface area contributed by atoms with Gasteiger partial charge in [-0.1, -0.05) is 0 Å². The predicted molar refractivity (Wildman–Crippen MR) is 62.4 cm³/mol. The predicted octanol–water partition coefficient (Wildman–Crippen LogP) is -1.76.